The third kappa shape index (κ3) is 4.06. The minimum atomic E-state index is -4.62. The molecule has 0 N–H and O–H groups in total. The molecule has 0 unspecified atom stereocenters. The van der Waals surface area contributed by atoms with E-state index < -0.39 is 28.5 Å². The van der Waals surface area contributed by atoms with Gasteiger partial charge in [0.05, 0.1) is 16.3 Å². The topological polar surface area (TPSA) is 73.0 Å². The molecule has 2 aromatic rings. The Morgan fingerprint density at radius 2 is 1.81 bits per heavy atom. The van der Waals surface area contributed by atoms with Gasteiger partial charge in [-0.15, -0.1) is 4.68 Å². The number of tetrazole rings is 1. The van der Waals surface area contributed by atoms with Crippen molar-refractivity contribution in [2.75, 3.05) is 13.1 Å². The fourth-order valence-electron chi connectivity index (χ4n) is 2.37. The number of halogens is 4. The van der Waals surface area contributed by atoms with E-state index in [-0.39, 0.29) is 5.69 Å². The van der Waals surface area contributed by atoms with Crippen LogP contribution >= 0.6 is 11.6 Å². The highest BCUT2D eigenvalue weighted by Crippen LogP contribution is 2.35. The zero-order valence-electron chi connectivity index (χ0n) is 14.1. The van der Waals surface area contributed by atoms with Gasteiger partial charge in [0.15, 0.2) is 0 Å². The number of amides is 1. The van der Waals surface area contributed by atoms with E-state index in [1.54, 1.807) is 0 Å². The van der Waals surface area contributed by atoms with Crippen LogP contribution in [0.4, 0.5) is 18.0 Å². The van der Waals surface area contributed by atoms with Crippen LogP contribution in [-0.2, 0) is 6.18 Å². The summed E-state index contributed by atoms with van der Waals surface area (Å²) in [6.45, 7) is 4.66. The van der Waals surface area contributed by atoms with E-state index in [2.05, 4.69) is 10.4 Å². The highest BCUT2D eigenvalue weighted by Gasteiger charge is 2.33. The average Bonchev–Trinajstić information content (AvgIpc) is 2.94. The van der Waals surface area contributed by atoms with E-state index in [4.69, 9.17) is 11.6 Å². The fourth-order valence-corrected chi connectivity index (χ4v) is 2.65. The molecule has 26 heavy (non-hydrogen) atoms. The molecule has 0 aliphatic heterocycles. The second-order valence-corrected chi connectivity index (χ2v) is 5.92. The van der Waals surface area contributed by atoms with Crippen LogP contribution < -0.4 is 5.69 Å². The standard InChI is InChI=1S/C15H17ClF3N5O2/c1-3-7-22(8-4-2)13(25)24-14(26)23(20-21-24)10-5-6-11(12(16)9-10)15(17,18)19/h5-6,9H,3-4,7-8H2,1-2H3. The average molecular weight is 392 g/mol. The van der Waals surface area contributed by atoms with Crippen molar-refractivity contribution >= 4 is 17.6 Å². The lowest BCUT2D eigenvalue weighted by atomic mass is 10.2. The van der Waals surface area contributed by atoms with Gasteiger partial charge in [0.2, 0.25) is 0 Å². The van der Waals surface area contributed by atoms with Crippen molar-refractivity contribution in [2.45, 2.75) is 32.9 Å². The van der Waals surface area contributed by atoms with Gasteiger partial charge < -0.3 is 4.90 Å². The van der Waals surface area contributed by atoms with Crippen LogP contribution in [0.3, 0.4) is 0 Å². The predicted octanol–water partition coefficient (Wildman–Crippen LogP) is 3.19. The molecule has 0 aliphatic carbocycles. The van der Waals surface area contributed by atoms with Crippen molar-refractivity contribution in [3.05, 3.63) is 39.3 Å². The Bertz CT molecular complexity index is 841. The molecule has 0 aliphatic rings. The molecule has 0 fully saturated rings. The Morgan fingerprint density at radius 3 is 2.31 bits per heavy atom. The van der Waals surface area contributed by atoms with Crippen molar-refractivity contribution < 1.29 is 18.0 Å². The van der Waals surface area contributed by atoms with Gasteiger partial charge in [-0.05, 0) is 41.5 Å². The number of hydrogen-bond acceptors (Lipinski definition) is 4. The summed E-state index contributed by atoms with van der Waals surface area (Å²) in [7, 11) is 0. The first kappa shape index (κ1) is 20.0. The summed E-state index contributed by atoms with van der Waals surface area (Å²) in [5.74, 6) is 0. The van der Waals surface area contributed by atoms with Gasteiger partial charge in [0.25, 0.3) is 0 Å². The summed E-state index contributed by atoms with van der Waals surface area (Å²) < 4.78 is 39.6. The van der Waals surface area contributed by atoms with Crippen molar-refractivity contribution in [1.29, 1.82) is 0 Å². The third-order valence-corrected chi connectivity index (χ3v) is 3.84. The minimum absolute atomic E-state index is 0.0235. The molecule has 11 heteroatoms. The minimum Gasteiger partial charge on any atom is -0.323 e. The van der Waals surface area contributed by atoms with Crippen molar-refractivity contribution in [3.63, 3.8) is 0 Å². The fraction of sp³-hybridized carbons (Fsp3) is 0.467. The van der Waals surface area contributed by atoms with Gasteiger partial charge in [-0.2, -0.15) is 17.9 Å². The zero-order chi connectivity index (χ0) is 19.5. The molecular weight excluding hydrogens is 375 g/mol. The van der Waals surface area contributed by atoms with Gasteiger partial charge in [-0.25, -0.2) is 9.59 Å². The quantitative estimate of drug-likeness (QED) is 0.734. The molecule has 0 bridgehead atoms. The van der Waals surface area contributed by atoms with Gasteiger partial charge in [0.1, 0.15) is 0 Å². The second kappa shape index (κ2) is 7.90. The molecule has 1 aromatic carbocycles. The number of nitrogens with zero attached hydrogens (tertiary/aromatic N) is 5. The van der Waals surface area contributed by atoms with Crippen LogP contribution in [0.25, 0.3) is 5.69 Å². The second-order valence-electron chi connectivity index (χ2n) is 5.52. The first-order valence-corrected chi connectivity index (χ1v) is 8.29. The smallest absolute Gasteiger partial charge is 0.323 e. The summed E-state index contributed by atoms with van der Waals surface area (Å²) in [4.78, 5) is 26.3. The van der Waals surface area contributed by atoms with Crippen LogP contribution in [0.5, 0.6) is 0 Å². The van der Waals surface area contributed by atoms with Crippen molar-refractivity contribution in [3.8, 4) is 5.69 Å². The highest BCUT2D eigenvalue weighted by molar-refractivity contribution is 6.31. The molecule has 2 rings (SSSR count). The van der Waals surface area contributed by atoms with Crippen LogP contribution in [0.1, 0.15) is 32.3 Å². The summed E-state index contributed by atoms with van der Waals surface area (Å²) in [5.41, 5.74) is -1.94. The zero-order valence-corrected chi connectivity index (χ0v) is 14.9. The monoisotopic (exact) mass is 391 g/mol. The Balaban J connectivity index is 2.39. The Morgan fingerprint density at radius 1 is 1.19 bits per heavy atom. The number of hydrogen-bond donors (Lipinski definition) is 0. The molecular formula is C15H17ClF3N5O2. The first-order valence-electron chi connectivity index (χ1n) is 7.92. The van der Waals surface area contributed by atoms with E-state index >= 15 is 0 Å². The molecule has 0 spiro atoms. The largest absolute Gasteiger partial charge is 0.417 e. The molecule has 1 amide bonds. The van der Waals surface area contributed by atoms with Crippen LogP contribution in [0, 0.1) is 0 Å². The van der Waals surface area contributed by atoms with E-state index in [9.17, 15) is 22.8 Å². The lowest BCUT2D eigenvalue weighted by molar-refractivity contribution is -0.137. The number of carbonyl (C=O) groups excluding carboxylic acids is 1. The summed E-state index contributed by atoms with van der Waals surface area (Å²) >= 11 is 5.65. The molecule has 1 aromatic heterocycles. The van der Waals surface area contributed by atoms with Crippen LogP contribution in [-0.4, -0.2) is 43.8 Å². The number of carbonyl (C=O) groups is 1. The Hall–Kier alpha value is -2.36. The first-order chi connectivity index (χ1) is 12.2. The van der Waals surface area contributed by atoms with Crippen LogP contribution in [0.2, 0.25) is 5.02 Å². The third-order valence-electron chi connectivity index (χ3n) is 3.52. The molecule has 0 atom stereocenters. The van der Waals surface area contributed by atoms with E-state index in [1.165, 1.54) is 4.90 Å². The maximum Gasteiger partial charge on any atom is 0.417 e. The number of rotatable bonds is 5. The van der Waals surface area contributed by atoms with E-state index in [1.807, 2.05) is 13.8 Å². The highest BCUT2D eigenvalue weighted by atomic mass is 35.5. The maximum absolute atomic E-state index is 12.8. The summed E-state index contributed by atoms with van der Waals surface area (Å²) in [6, 6.07) is 2.09. The molecule has 0 radical (unpaired) electrons. The lowest BCUT2D eigenvalue weighted by Gasteiger charge is -2.19. The van der Waals surface area contributed by atoms with Crippen LogP contribution in [0.15, 0.2) is 23.0 Å². The van der Waals surface area contributed by atoms with Gasteiger partial charge >= 0.3 is 17.9 Å². The molecule has 142 valence electrons. The number of aromatic nitrogens is 4. The number of benzene rings is 1. The van der Waals surface area contributed by atoms with Gasteiger partial charge in [-0.1, -0.05) is 25.4 Å². The van der Waals surface area contributed by atoms with Gasteiger partial charge in [-0.3, -0.25) is 0 Å². The Kier molecular flexibility index (Phi) is 6.06. The van der Waals surface area contributed by atoms with Gasteiger partial charge in [0, 0.05) is 13.1 Å². The van der Waals surface area contributed by atoms with E-state index in [0.29, 0.717) is 30.6 Å². The lowest BCUT2D eigenvalue weighted by Crippen LogP contribution is -2.41. The molecule has 7 nitrogen and oxygen atoms in total. The predicted molar refractivity (Wildman–Crippen MR) is 88.6 cm³/mol. The maximum atomic E-state index is 12.8. The Labute approximate surface area is 151 Å². The summed E-state index contributed by atoms with van der Waals surface area (Å²) in [5, 5.41) is 6.53. The normalized spacial score (nSPS) is 11.6. The molecule has 0 saturated carbocycles. The SMILES string of the molecule is CCCN(CCC)C(=O)n1nnn(-c2ccc(C(F)(F)F)c(Cl)c2)c1=O. The molecule has 0 saturated heterocycles. The van der Waals surface area contributed by atoms with Crippen molar-refractivity contribution in [2.24, 2.45) is 0 Å². The van der Waals surface area contributed by atoms with E-state index in [0.717, 1.165) is 22.9 Å². The van der Waals surface area contributed by atoms with Crippen molar-refractivity contribution in [1.82, 2.24) is 24.7 Å². The molecule has 1 heterocycles. The number of alkyl halides is 3. The summed E-state index contributed by atoms with van der Waals surface area (Å²) in [6.07, 6.45) is -3.22.